The lowest BCUT2D eigenvalue weighted by Crippen LogP contribution is -2.22. The lowest BCUT2D eigenvalue weighted by atomic mass is 10.2. The molecule has 1 aromatic rings. The molecule has 1 aromatic heterocycles. The number of carbonyl (C=O) groups excluding carboxylic acids is 1. The Hall–Kier alpha value is -1.53. The zero-order valence-corrected chi connectivity index (χ0v) is 10.4. The number of rotatable bonds is 4. The summed E-state index contributed by atoms with van der Waals surface area (Å²) in [5, 5.41) is 3.45. The molecule has 102 valence electrons. The fraction of sp³-hybridized carbons (Fsp3) is 0.636. The second-order valence-corrected chi connectivity index (χ2v) is 3.74. The quantitative estimate of drug-likeness (QED) is 0.785. The van der Waals surface area contributed by atoms with Crippen LogP contribution in [0.1, 0.15) is 38.2 Å². The van der Waals surface area contributed by atoms with Crippen molar-refractivity contribution in [3.8, 4) is 0 Å². The van der Waals surface area contributed by atoms with E-state index in [0.717, 1.165) is 10.7 Å². The maximum absolute atomic E-state index is 12.5. The molecule has 0 aromatic carbocycles. The Labute approximate surface area is 103 Å². The molecule has 0 aliphatic carbocycles. The van der Waals surface area contributed by atoms with E-state index in [4.69, 9.17) is 4.74 Å². The topological polar surface area (TPSA) is 44.1 Å². The Bertz CT molecular complexity index is 426. The summed E-state index contributed by atoms with van der Waals surface area (Å²) >= 11 is 0. The number of hydrogen-bond acceptors (Lipinski definition) is 3. The van der Waals surface area contributed by atoms with Gasteiger partial charge in [-0.15, -0.1) is 0 Å². The van der Waals surface area contributed by atoms with Gasteiger partial charge in [0.15, 0.2) is 5.69 Å². The van der Waals surface area contributed by atoms with Crippen molar-refractivity contribution in [2.75, 3.05) is 6.61 Å². The van der Waals surface area contributed by atoms with Gasteiger partial charge in [-0.05, 0) is 26.3 Å². The van der Waals surface area contributed by atoms with Crippen molar-refractivity contribution in [2.45, 2.75) is 39.4 Å². The highest BCUT2D eigenvalue weighted by atomic mass is 19.4. The predicted octanol–water partition coefficient (Wildman–Crippen LogP) is 2.59. The molecule has 1 atom stereocenters. The van der Waals surface area contributed by atoms with Crippen LogP contribution in [0, 0.1) is 0 Å². The van der Waals surface area contributed by atoms with E-state index in [-0.39, 0.29) is 6.61 Å². The molecule has 0 aliphatic rings. The lowest BCUT2D eigenvalue weighted by Gasteiger charge is -2.13. The van der Waals surface area contributed by atoms with Crippen molar-refractivity contribution in [3.05, 3.63) is 17.5 Å². The van der Waals surface area contributed by atoms with Gasteiger partial charge in [0.1, 0.15) is 6.04 Å². The monoisotopic (exact) mass is 264 g/mol. The fourth-order valence-electron chi connectivity index (χ4n) is 1.53. The number of aryl methyl sites for hydroxylation is 1. The molecule has 1 heterocycles. The molecular weight excluding hydrogens is 249 g/mol. The van der Waals surface area contributed by atoms with Crippen LogP contribution >= 0.6 is 0 Å². The summed E-state index contributed by atoms with van der Waals surface area (Å²) in [5.74, 6) is -0.593. The van der Waals surface area contributed by atoms with Gasteiger partial charge in [-0.25, -0.2) is 4.79 Å². The van der Waals surface area contributed by atoms with Gasteiger partial charge in [-0.1, -0.05) is 6.92 Å². The van der Waals surface area contributed by atoms with Crippen LogP contribution in [0.4, 0.5) is 13.2 Å². The zero-order valence-electron chi connectivity index (χ0n) is 10.4. The van der Waals surface area contributed by atoms with E-state index < -0.39 is 23.9 Å². The molecule has 1 rings (SSSR count). The van der Waals surface area contributed by atoms with Gasteiger partial charge < -0.3 is 4.74 Å². The Morgan fingerprint density at radius 1 is 1.50 bits per heavy atom. The van der Waals surface area contributed by atoms with E-state index >= 15 is 0 Å². The number of halogens is 3. The number of ether oxygens (including phenoxy) is 1. The first kappa shape index (κ1) is 14.5. The van der Waals surface area contributed by atoms with Gasteiger partial charge in [0.25, 0.3) is 0 Å². The molecule has 0 fully saturated rings. The van der Waals surface area contributed by atoms with Gasteiger partial charge in [-0.3, -0.25) is 4.68 Å². The van der Waals surface area contributed by atoms with Crippen LogP contribution in [0.2, 0.25) is 0 Å². The smallest absolute Gasteiger partial charge is 0.435 e. The van der Waals surface area contributed by atoms with E-state index in [1.165, 1.54) is 6.92 Å². The van der Waals surface area contributed by atoms with E-state index in [0.29, 0.717) is 12.1 Å². The van der Waals surface area contributed by atoms with Crippen LogP contribution in [0.5, 0.6) is 0 Å². The number of nitrogens with zero attached hydrogens (tertiary/aromatic N) is 2. The first-order valence-corrected chi connectivity index (χ1v) is 5.63. The number of alkyl halides is 3. The van der Waals surface area contributed by atoms with Crippen LogP contribution in [0.3, 0.4) is 0 Å². The summed E-state index contributed by atoms with van der Waals surface area (Å²) in [7, 11) is 0. The molecule has 0 radical (unpaired) electrons. The summed E-state index contributed by atoms with van der Waals surface area (Å²) in [5.41, 5.74) is -0.640. The fourth-order valence-corrected chi connectivity index (χ4v) is 1.53. The van der Waals surface area contributed by atoms with E-state index in [2.05, 4.69) is 5.10 Å². The minimum absolute atomic E-state index is 0.179. The molecule has 0 saturated carbocycles. The summed E-state index contributed by atoms with van der Waals surface area (Å²) in [6.07, 6.45) is -4.16. The molecular formula is C11H15F3N2O2. The normalized spacial score (nSPS) is 13.4. The summed E-state index contributed by atoms with van der Waals surface area (Å²) in [6.45, 7) is 4.98. The molecule has 7 heteroatoms. The largest absolute Gasteiger partial charge is 0.464 e. The maximum atomic E-state index is 12.5. The molecule has 0 spiro atoms. The summed E-state index contributed by atoms with van der Waals surface area (Å²) < 4.78 is 43.5. The Kier molecular flexibility index (Phi) is 4.37. The minimum Gasteiger partial charge on any atom is -0.464 e. The average molecular weight is 264 g/mol. The van der Waals surface area contributed by atoms with Crippen molar-refractivity contribution in [1.29, 1.82) is 0 Å². The number of esters is 1. The number of carbonyl (C=O) groups is 1. The van der Waals surface area contributed by atoms with Crippen molar-refractivity contribution in [2.24, 2.45) is 0 Å². The summed E-state index contributed by atoms with van der Waals surface area (Å²) in [4.78, 5) is 11.5. The SMILES string of the molecule is CCOC(=O)C(C)n1nc(C(F)(F)F)cc1CC. The molecule has 0 aliphatic heterocycles. The van der Waals surface area contributed by atoms with Gasteiger partial charge in [-0.2, -0.15) is 18.3 Å². The van der Waals surface area contributed by atoms with Crippen LogP contribution in [0.25, 0.3) is 0 Å². The lowest BCUT2D eigenvalue weighted by molar-refractivity contribution is -0.148. The van der Waals surface area contributed by atoms with E-state index in [1.54, 1.807) is 13.8 Å². The van der Waals surface area contributed by atoms with Crippen LogP contribution in [-0.2, 0) is 22.1 Å². The standard InChI is InChI=1S/C11H15F3N2O2/c1-4-8-6-9(11(12,13)14)15-16(8)7(3)10(17)18-5-2/h6-7H,4-5H2,1-3H3. The second kappa shape index (κ2) is 5.41. The van der Waals surface area contributed by atoms with Gasteiger partial charge in [0.05, 0.1) is 6.61 Å². The molecule has 18 heavy (non-hydrogen) atoms. The number of hydrogen-bond donors (Lipinski definition) is 0. The molecule has 0 amide bonds. The molecule has 1 unspecified atom stereocenters. The van der Waals surface area contributed by atoms with Crippen molar-refractivity contribution in [1.82, 2.24) is 9.78 Å². The summed E-state index contributed by atoms with van der Waals surface area (Å²) in [6, 6.07) is 0.0893. The van der Waals surface area contributed by atoms with Crippen molar-refractivity contribution in [3.63, 3.8) is 0 Å². The Balaban J connectivity index is 3.08. The van der Waals surface area contributed by atoms with E-state index in [1.807, 2.05) is 0 Å². The van der Waals surface area contributed by atoms with Gasteiger partial charge >= 0.3 is 12.1 Å². The highest BCUT2D eigenvalue weighted by Gasteiger charge is 2.35. The van der Waals surface area contributed by atoms with E-state index in [9.17, 15) is 18.0 Å². The third-order valence-corrected chi connectivity index (χ3v) is 2.46. The third kappa shape index (κ3) is 3.02. The predicted molar refractivity (Wildman–Crippen MR) is 58.0 cm³/mol. The first-order chi connectivity index (χ1) is 8.31. The molecule has 0 bridgehead atoms. The Morgan fingerprint density at radius 2 is 2.11 bits per heavy atom. The Morgan fingerprint density at radius 3 is 2.56 bits per heavy atom. The number of aromatic nitrogens is 2. The zero-order chi connectivity index (χ0) is 13.9. The average Bonchev–Trinajstić information content (AvgIpc) is 2.71. The minimum atomic E-state index is -4.51. The van der Waals surface area contributed by atoms with Crippen LogP contribution < -0.4 is 0 Å². The van der Waals surface area contributed by atoms with Crippen LogP contribution in [-0.4, -0.2) is 22.4 Å². The van der Waals surface area contributed by atoms with Crippen LogP contribution in [0.15, 0.2) is 6.07 Å². The molecule has 0 N–H and O–H groups in total. The van der Waals surface area contributed by atoms with Gasteiger partial charge in [0.2, 0.25) is 0 Å². The third-order valence-electron chi connectivity index (χ3n) is 2.46. The highest BCUT2D eigenvalue weighted by Crippen LogP contribution is 2.29. The van der Waals surface area contributed by atoms with Crippen molar-refractivity contribution >= 4 is 5.97 Å². The molecule has 4 nitrogen and oxygen atoms in total. The molecule has 0 saturated heterocycles. The maximum Gasteiger partial charge on any atom is 0.435 e. The second-order valence-electron chi connectivity index (χ2n) is 3.74. The van der Waals surface area contributed by atoms with Crippen molar-refractivity contribution < 1.29 is 22.7 Å². The highest BCUT2D eigenvalue weighted by molar-refractivity contribution is 5.73. The van der Waals surface area contributed by atoms with Gasteiger partial charge in [0, 0.05) is 5.69 Å². The first-order valence-electron chi connectivity index (χ1n) is 5.63.